The van der Waals surface area contributed by atoms with Gasteiger partial charge in [0.1, 0.15) is 5.56 Å². The number of aromatic nitrogens is 2. The summed E-state index contributed by atoms with van der Waals surface area (Å²) in [6.07, 6.45) is 3.45. The average molecular weight is 200 g/mol. The van der Waals surface area contributed by atoms with Crippen LogP contribution < -0.4 is 4.90 Å². The fourth-order valence-corrected chi connectivity index (χ4v) is 1.50. The van der Waals surface area contributed by atoms with Crippen LogP contribution in [-0.4, -0.2) is 35.2 Å². The van der Waals surface area contributed by atoms with Gasteiger partial charge in [0.05, 0.1) is 13.2 Å². The topological polar surface area (TPSA) is 38.2 Å². The van der Waals surface area contributed by atoms with E-state index in [1.165, 1.54) is 0 Å². The van der Waals surface area contributed by atoms with Gasteiger partial charge in [-0.1, -0.05) is 11.6 Å². The molecule has 1 aliphatic rings. The van der Waals surface area contributed by atoms with E-state index in [2.05, 4.69) is 9.97 Å². The molecule has 0 bridgehead atoms. The van der Waals surface area contributed by atoms with Crippen LogP contribution >= 0.6 is 11.6 Å². The Hall–Kier alpha value is -0.870. The minimum absolute atomic E-state index is 0.252. The molecule has 1 fully saturated rings. The number of nitrogens with zero attached hydrogens (tertiary/aromatic N) is 3. The summed E-state index contributed by atoms with van der Waals surface area (Å²) in [5, 5.41) is 0. The van der Waals surface area contributed by atoms with Crippen molar-refractivity contribution in [2.75, 3.05) is 24.6 Å². The fraction of sp³-hybridized carbons (Fsp3) is 0.500. The largest absolute Gasteiger partial charge is 0.359 e. The molecule has 1 saturated heterocycles. The minimum atomic E-state index is -0.252. The van der Waals surface area contributed by atoms with E-state index in [4.69, 9.17) is 16.3 Å². The SMILES string of the molecule is ClC1CN(c2ncccn2)CCO1. The lowest BCUT2D eigenvalue weighted by atomic mass is 10.4. The van der Waals surface area contributed by atoms with Crippen molar-refractivity contribution in [1.29, 1.82) is 0 Å². The summed E-state index contributed by atoms with van der Waals surface area (Å²) in [6, 6.07) is 1.79. The maximum Gasteiger partial charge on any atom is 0.225 e. The fourth-order valence-electron chi connectivity index (χ4n) is 1.24. The molecular formula is C8H10ClN3O. The first-order valence-electron chi connectivity index (χ1n) is 4.14. The van der Waals surface area contributed by atoms with Crippen molar-refractivity contribution in [3.63, 3.8) is 0 Å². The van der Waals surface area contributed by atoms with Gasteiger partial charge in [-0.15, -0.1) is 0 Å². The molecule has 0 amide bonds. The summed E-state index contributed by atoms with van der Waals surface area (Å²) in [5.74, 6) is 0.719. The van der Waals surface area contributed by atoms with Crippen LogP contribution in [0.3, 0.4) is 0 Å². The van der Waals surface area contributed by atoms with Crippen LogP contribution in [0.5, 0.6) is 0 Å². The van der Waals surface area contributed by atoms with Crippen molar-refractivity contribution < 1.29 is 4.74 Å². The summed E-state index contributed by atoms with van der Waals surface area (Å²) in [4.78, 5) is 10.3. The highest BCUT2D eigenvalue weighted by Crippen LogP contribution is 2.13. The second kappa shape index (κ2) is 3.89. The van der Waals surface area contributed by atoms with Crippen molar-refractivity contribution in [3.8, 4) is 0 Å². The normalized spacial score (nSPS) is 23.2. The molecule has 2 rings (SSSR count). The smallest absolute Gasteiger partial charge is 0.225 e. The molecular weight excluding hydrogens is 190 g/mol. The zero-order valence-electron chi connectivity index (χ0n) is 7.06. The van der Waals surface area contributed by atoms with E-state index in [0.29, 0.717) is 13.2 Å². The van der Waals surface area contributed by atoms with Crippen LogP contribution in [0.2, 0.25) is 0 Å². The molecule has 5 heteroatoms. The van der Waals surface area contributed by atoms with E-state index in [1.54, 1.807) is 18.5 Å². The molecule has 4 nitrogen and oxygen atoms in total. The van der Waals surface area contributed by atoms with Crippen molar-refractivity contribution >= 4 is 17.5 Å². The van der Waals surface area contributed by atoms with Crippen molar-refractivity contribution in [2.45, 2.75) is 5.56 Å². The standard InChI is InChI=1S/C8H10ClN3O/c9-7-6-12(4-5-13-7)8-10-2-1-3-11-8/h1-3,7H,4-6H2. The lowest BCUT2D eigenvalue weighted by Crippen LogP contribution is -2.40. The number of morpholine rings is 1. The molecule has 1 unspecified atom stereocenters. The van der Waals surface area contributed by atoms with E-state index in [9.17, 15) is 0 Å². The number of hydrogen-bond donors (Lipinski definition) is 0. The summed E-state index contributed by atoms with van der Waals surface area (Å²) < 4.78 is 5.20. The first kappa shape index (κ1) is 8.72. The Bertz CT molecular complexity index is 269. The predicted molar refractivity (Wildman–Crippen MR) is 49.8 cm³/mol. The quantitative estimate of drug-likeness (QED) is 0.630. The van der Waals surface area contributed by atoms with E-state index in [1.807, 2.05) is 4.90 Å². The second-order valence-corrected chi connectivity index (χ2v) is 3.26. The van der Waals surface area contributed by atoms with Crippen LogP contribution in [0.25, 0.3) is 0 Å². The Morgan fingerprint density at radius 3 is 2.92 bits per heavy atom. The van der Waals surface area contributed by atoms with Gasteiger partial charge in [-0.3, -0.25) is 0 Å². The van der Waals surface area contributed by atoms with Crippen LogP contribution in [0.15, 0.2) is 18.5 Å². The van der Waals surface area contributed by atoms with Gasteiger partial charge in [0.2, 0.25) is 5.95 Å². The Morgan fingerprint density at radius 2 is 2.23 bits per heavy atom. The number of ether oxygens (including phenoxy) is 1. The Labute approximate surface area is 81.5 Å². The van der Waals surface area contributed by atoms with Gasteiger partial charge >= 0.3 is 0 Å². The molecule has 70 valence electrons. The van der Waals surface area contributed by atoms with Crippen molar-refractivity contribution in [2.24, 2.45) is 0 Å². The summed E-state index contributed by atoms with van der Waals surface area (Å²) in [6.45, 7) is 2.07. The van der Waals surface area contributed by atoms with Gasteiger partial charge < -0.3 is 9.64 Å². The number of halogens is 1. The molecule has 1 aliphatic heterocycles. The molecule has 0 aliphatic carbocycles. The molecule has 13 heavy (non-hydrogen) atoms. The first-order chi connectivity index (χ1) is 6.36. The number of rotatable bonds is 1. The number of anilines is 1. The third-order valence-electron chi connectivity index (χ3n) is 1.86. The third-order valence-corrected chi connectivity index (χ3v) is 2.12. The van der Waals surface area contributed by atoms with E-state index in [-0.39, 0.29) is 5.56 Å². The average Bonchev–Trinajstić information content (AvgIpc) is 2.19. The van der Waals surface area contributed by atoms with Crippen LogP contribution in [0.4, 0.5) is 5.95 Å². The van der Waals surface area contributed by atoms with Gasteiger partial charge in [-0.2, -0.15) is 0 Å². The Kier molecular flexibility index (Phi) is 2.61. The number of hydrogen-bond acceptors (Lipinski definition) is 4. The van der Waals surface area contributed by atoms with Crippen LogP contribution in [0, 0.1) is 0 Å². The first-order valence-corrected chi connectivity index (χ1v) is 4.57. The molecule has 1 atom stereocenters. The van der Waals surface area contributed by atoms with E-state index >= 15 is 0 Å². The minimum Gasteiger partial charge on any atom is -0.359 e. The highest BCUT2D eigenvalue weighted by molar-refractivity contribution is 6.20. The van der Waals surface area contributed by atoms with Gasteiger partial charge in [0, 0.05) is 18.9 Å². The van der Waals surface area contributed by atoms with Crippen LogP contribution in [-0.2, 0) is 4.74 Å². The molecule has 1 aromatic heterocycles. The molecule has 0 saturated carbocycles. The van der Waals surface area contributed by atoms with Gasteiger partial charge in [0.25, 0.3) is 0 Å². The van der Waals surface area contributed by atoms with Crippen molar-refractivity contribution in [1.82, 2.24) is 9.97 Å². The third kappa shape index (κ3) is 2.08. The Balaban J connectivity index is 2.08. The Morgan fingerprint density at radius 1 is 1.46 bits per heavy atom. The molecule has 0 N–H and O–H groups in total. The highest BCUT2D eigenvalue weighted by Gasteiger charge is 2.19. The summed E-state index contributed by atoms with van der Waals surface area (Å²) in [5.41, 5.74) is -0.252. The highest BCUT2D eigenvalue weighted by atomic mass is 35.5. The van der Waals surface area contributed by atoms with E-state index in [0.717, 1.165) is 12.5 Å². The van der Waals surface area contributed by atoms with Gasteiger partial charge in [-0.25, -0.2) is 9.97 Å². The molecule has 0 spiro atoms. The van der Waals surface area contributed by atoms with Gasteiger partial charge in [-0.05, 0) is 6.07 Å². The van der Waals surface area contributed by atoms with E-state index < -0.39 is 0 Å². The predicted octanol–water partition coefficient (Wildman–Crippen LogP) is 0.878. The monoisotopic (exact) mass is 199 g/mol. The van der Waals surface area contributed by atoms with Crippen molar-refractivity contribution in [3.05, 3.63) is 18.5 Å². The maximum atomic E-state index is 5.84. The second-order valence-electron chi connectivity index (χ2n) is 2.78. The molecule has 0 aromatic carbocycles. The van der Waals surface area contributed by atoms with Gasteiger partial charge in [0.15, 0.2) is 0 Å². The lowest BCUT2D eigenvalue weighted by Gasteiger charge is -2.29. The molecule has 0 radical (unpaired) electrons. The molecule has 2 heterocycles. The zero-order chi connectivity index (χ0) is 9.10. The lowest BCUT2D eigenvalue weighted by molar-refractivity contribution is 0.0927. The summed E-state index contributed by atoms with van der Waals surface area (Å²) in [7, 11) is 0. The zero-order valence-corrected chi connectivity index (χ0v) is 7.81. The van der Waals surface area contributed by atoms with Crippen LogP contribution in [0.1, 0.15) is 0 Å². The molecule has 1 aromatic rings. The summed E-state index contributed by atoms with van der Waals surface area (Å²) >= 11 is 5.84. The number of alkyl halides is 1. The maximum absolute atomic E-state index is 5.84.